The van der Waals surface area contributed by atoms with Crippen LogP contribution in [-0.2, 0) is 4.74 Å². The van der Waals surface area contributed by atoms with Gasteiger partial charge in [-0.3, -0.25) is 0 Å². The summed E-state index contributed by atoms with van der Waals surface area (Å²) in [5.74, 6) is 0. The minimum atomic E-state index is 0.525. The minimum absolute atomic E-state index is 0.525. The summed E-state index contributed by atoms with van der Waals surface area (Å²) >= 11 is 0. The summed E-state index contributed by atoms with van der Waals surface area (Å²) in [6, 6.07) is 1.47. The van der Waals surface area contributed by atoms with Gasteiger partial charge in [0.25, 0.3) is 0 Å². The average Bonchev–Trinajstić information content (AvgIpc) is 2.24. The summed E-state index contributed by atoms with van der Waals surface area (Å²) in [6.45, 7) is 7.59. The normalized spacial score (nSPS) is 31.9. The van der Waals surface area contributed by atoms with E-state index in [1.54, 1.807) is 0 Å². The number of rotatable bonds is 7. The van der Waals surface area contributed by atoms with Crippen LogP contribution >= 0.6 is 0 Å². The Balaban J connectivity index is 1.86. The summed E-state index contributed by atoms with van der Waals surface area (Å²) in [5, 5.41) is 3.91. The van der Waals surface area contributed by atoms with Gasteiger partial charge in [0.1, 0.15) is 0 Å². The van der Waals surface area contributed by atoms with Crippen molar-refractivity contribution in [2.45, 2.75) is 83.9 Å². The van der Waals surface area contributed by atoms with Crippen molar-refractivity contribution < 1.29 is 4.74 Å². The first-order valence-corrected chi connectivity index (χ1v) is 7.64. The first-order chi connectivity index (χ1) is 8.26. The molecule has 0 aromatic rings. The predicted molar refractivity (Wildman–Crippen MR) is 72.2 cm³/mol. The van der Waals surface area contributed by atoms with Gasteiger partial charge in [-0.25, -0.2) is 0 Å². The molecule has 2 aliphatic carbocycles. The second-order valence-electron chi connectivity index (χ2n) is 5.88. The summed E-state index contributed by atoms with van der Waals surface area (Å²) in [6.07, 6.45) is 9.86. The van der Waals surface area contributed by atoms with Gasteiger partial charge in [-0.1, -0.05) is 26.7 Å². The summed E-state index contributed by atoms with van der Waals surface area (Å²) in [7, 11) is 0. The van der Waals surface area contributed by atoms with Crippen molar-refractivity contribution in [3.63, 3.8) is 0 Å². The maximum Gasteiger partial charge on any atom is 0.0661 e. The highest BCUT2D eigenvalue weighted by Crippen LogP contribution is 2.57. The van der Waals surface area contributed by atoms with Gasteiger partial charge in [0.15, 0.2) is 0 Å². The van der Waals surface area contributed by atoms with Crippen molar-refractivity contribution in [1.29, 1.82) is 0 Å². The van der Waals surface area contributed by atoms with Gasteiger partial charge >= 0.3 is 0 Å². The van der Waals surface area contributed by atoms with Gasteiger partial charge in [0.2, 0.25) is 0 Å². The van der Waals surface area contributed by atoms with Crippen LogP contribution in [0.5, 0.6) is 0 Å². The van der Waals surface area contributed by atoms with Crippen LogP contribution in [0, 0.1) is 5.41 Å². The second kappa shape index (κ2) is 5.71. The van der Waals surface area contributed by atoms with Crippen molar-refractivity contribution in [3.8, 4) is 0 Å². The van der Waals surface area contributed by atoms with E-state index in [4.69, 9.17) is 4.74 Å². The number of nitrogens with one attached hydrogen (secondary N) is 1. The standard InChI is InChI=1S/C15H29NO/c1-4-8-12(5-2)16-13-11-14(17-6-3)15(13)9-7-10-15/h12-14,16H,4-11H2,1-3H3. The fraction of sp³-hybridized carbons (Fsp3) is 1.00. The van der Waals surface area contributed by atoms with Crippen molar-refractivity contribution in [1.82, 2.24) is 5.32 Å². The van der Waals surface area contributed by atoms with Crippen LogP contribution in [0.15, 0.2) is 0 Å². The smallest absolute Gasteiger partial charge is 0.0661 e. The van der Waals surface area contributed by atoms with E-state index in [-0.39, 0.29) is 0 Å². The van der Waals surface area contributed by atoms with E-state index in [1.165, 1.54) is 44.9 Å². The Hall–Kier alpha value is -0.0800. The molecule has 0 radical (unpaired) electrons. The third-order valence-electron chi connectivity index (χ3n) is 5.00. The fourth-order valence-electron chi connectivity index (χ4n) is 3.71. The lowest BCUT2D eigenvalue weighted by Crippen LogP contribution is -2.68. The largest absolute Gasteiger partial charge is 0.378 e. The maximum absolute atomic E-state index is 5.90. The van der Waals surface area contributed by atoms with Crippen LogP contribution in [0.3, 0.4) is 0 Å². The molecule has 2 heteroatoms. The molecular formula is C15H29NO. The van der Waals surface area contributed by atoms with Crippen LogP contribution in [0.1, 0.15) is 65.7 Å². The maximum atomic E-state index is 5.90. The van der Waals surface area contributed by atoms with E-state index in [0.717, 1.165) is 18.7 Å². The van der Waals surface area contributed by atoms with E-state index in [2.05, 4.69) is 26.1 Å². The van der Waals surface area contributed by atoms with Gasteiger partial charge in [-0.15, -0.1) is 0 Å². The lowest BCUT2D eigenvalue weighted by Gasteiger charge is -2.62. The highest BCUT2D eigenvalue weighted by atomic mass is 16.5. The van der Waals surface area contributed by atoms with Crippen LogP contribution in [-0.4, -0.2) is 24.8 Å². The van der Waals surface area contributed by atoms with Gasteiger partial charge in [0, 0.05) is 24.1 Å². The zero-order chi connectivity index (χ0) is 12.3. The molecule has 2 nitrogen and oxygen atoms in total. The third kappa shape index (κ3) is 2.39. The topological polar surface area (TPSA) is 21.3 Å². The molecule has 17 heavy (non-hydrogen) atoms. The Morgan fingerprint density at radius 2 is 2.06 bits per heavy atom. The molecule has 1 spiro atoms. The monoisotopic (exact) mass is 239 g/mol. The van der Waals surface area contributed by atoms with E-state index in [9.17, 15) is 0 Å². The number of hydrogen-bond donors (Lipinski definition) is 1. The zero-order valence-electron chi connectivity index (χ0n) is 11.8. The highest BCUT2D eigenvalue weighted by Gasteiger charge is 2.58. The van der Waals surface area contributed by atoms with Crippen molar-refractivity contribution >= 4 is 0 Å². The molecule has 1 N–H and O–H groups in total. The Bertz CT molecular complexity index is 237. The lowest BCUT2D eigenvalue weighted by molar-refractivity contribution is -0.174. The molecule has 0 heterocycles. The van der Waals surface area contributed by atoms with Crippen LogP contribution in [0.25, 0.3) is 0 Å². The highest BCUT2D eigenvalue weighted by molar-refractivity contribution is 5.12. The molecular weight excluding hydrogens is 210 g/mol. The Kier molecular flexibility index (Phi) is 4.48. The predicted octanol–water partition coefficient (Wildman–Crippen LogP) is 3.50. The molecule has 100 valence electrons. The molecule has 3 unspecified atom stereocenters. The molecule has 0 aliphatic heterocycles. The number of hydrogen-bond acceptors (Lipinski definition) is 2. The third-order valence-corrected chi connectivity index (χ3v) is 5.00. The van der Waals surface area contributed by atoms with E-state index in [1.807, 2.05) is 0 Å². The summed E-state index contributed by atoms with van der Waals surface area (Å²) in [4.78, 5) is 0. The van der Waals surface area contributed by atoms with Crippen molar-refractivity contribution in [2.24, 2.45) is 5.41 Å². The molecule has 0 amide bonds. The summed E-state index contributed by atoms with van der Waals surface area (Å²) in [5.41, 5.74) is 0.525. The van der Waals surface area contributed by atoms with Gasteiger partial charge in [0.05, 0.1) is 6.10 Å². The molecule has 0 saturated heterocycles. The van der Waals surface area contributed by atoms with Crippen LogP contribution < -0.4 is 5.32 Å². The molecule has 0 aromatic heterocycles. The van der Waals surface area contributed by atoms with E-state index < -0.39 is 0 Å². The van der Waals surface area contributed by atoms with Crippen LogP contribution in [0.2, 0.25) is 0 Å². The average molecular weight is 239 g/mol. The molecule has 0 bridgehead atoms. The quantitative estimate of drug-likeness (QED) is 0.734. The first kappa shape index (κ1) is 13.4. The van der Waals surface area contributed by atoms with E-state index in [0.29, 0.717) is 11.5 Å². The fourth-order valence-corrected chi connectivity index (χ4v) is 3.71. The molecule has 2 saturated carbocycles. The molecule has 2 fully saturated rings. The lowest BCUT2D eigenvalue weighted by atomic mass is 9.51. The van der Waals surface area contributed by atoms with Crippen LogP contribution in [0.4, 0.5) is 0 Å². The Labute approximate surface area is 107 Å². The summed E-state index contributed by atoms with van der Waals surface area (Å²) < 4.78 is 5.90. The SMILES string of the molecule is CCCC(CC)NC1CC(OCC)C12CCC2. The van der Waals surface area contributed by atoms with Crippen molar-refractivity contribution in [3.05, 3.63) is 0 Å². The molecule has 3 atom stereocenters. The first-order valence-electron chi connectivity index (χ1n) is 7.64. The zero-order valence-corrected chi connectivity index (χ0v) is 11.8. The van der Waals surface area contributed by atoms with E-state index >= 15 is 0 Å². The van der Waals surface area contributed by atoms with Gasteiger partial charge in [-0.05, 0) is 39.0 Å². The minimum Gasteiger partial charge on any atom is -0.378 e. The molecule has 2 rings (SSSR count). The second-order valence-corrected chi connectivity index (χ2v) is 5.88. The molecule has 0 aromatic carbocycles. The Morgan fingerprint density at radius 3 is 2.53 bits per heavy atom. The van der Waals surface area contributed by atoms with Gasteiger partial charge < -0.3 is 10.1 Å². The molecule has 2 aliphatic rings. The van der Waals surface area contributed by atoms with Crippen molar-refractivity contribution in [2.75, 3.05) is 6.61 Å². The number of ether oxygens (including phenoxy) is 1. The Morgan fingerprint density at radius 1 is 1.29 bits per heavy atom. The van der Waals surface area contributed by atoms with Gasteiger partial charge in [-0.2, -0.15) is 0 Å².